The van der Waals surface area contributed by atoms with E-state index in [0.717, 1.165) is 38.4 Å². The van der Waals surface area contributed by atoms with E-state index in [9.17, 15) is 0 Å². The molecule has 0 aliphatic carbocycles. The second-order valence-corrected chi connectivity index (χ2v) is 5.99. The lowest BCUT2D eigenvalue weighted by molar-refractivity contribution is 0.669. The Bertz CT molecular complexity index is 1230. The second-order valence-electron chi connectivity index (χ2n) is 5.64. The van der Waals surface area contributed by atoms with Crippen LogP contribution in [0.15, 0.2) is 71.1 Å². The lowest BCUT2D eigenvalue weighted by Crippen LogP contribution is -1.92. The molecular formula is C20H11ClN2O. The molecule has 3 aromatic carbocycles. The summed E-state index contributed by atoms with van der Waals surface area (Å²) in [6.07, 6.45) is 0. The maximum Gasteiger partial charge on any atom is 0.165 e. The lowest BCUT2D eigenvalue weighted by atomic mass is 10.1. The quantitative estimate of drug-likeness (QED) is 0.362. The summed E-state index contributed by atoms with van der Waals surface area (Å²) in [6, 6.07) is 21.7. The SMILES string of the molecule is Clc1nc(-c2cccc3c2oc2ccccc23)nc2ccccc12. The van der Waals surface area contributed by atoms with Crippen LogP contribution in [0.1, 0.15) is 0 Å². The van der Waals surface area contributed by atoms with Crippen LogP contribution in [0.4, 0.5) is 0 Å². The zero-order chi connectivity index (χ0) is 16.1. The van der Waals surface area contributed by atoms with Crippen LogP contribution in [-0.2, 0) is 0 Å². The van der Waals surface area contributed by atoms with E-state index in [1.807, 2.05) is 60.7 Å². The minimum atomic E-state index is 0.448. The van der Waals surface area contributed by atoms with E-state index in [-0.39, 0.29) is 0 Å². The Morgan fingerprint density at radius 1 is 0.708 bits per heavy atom. The molecule has 114 valence electrons. The Morgan fingerprint density at radius 3 is 2.38 bits per heavy atom. The molecule has 0 saturated heterocycles. The maximum atomic E-state index is 6.36. The van der Waals surface area contributed by atoms with Crippen molar-refractivity contribution in [2.24, 2.45) is 0 Å². The summed E-state index contributed by atoms with van der Waals surface area (Å²) in [7, 11) is 0. The maximum absolute atomic E-state index is 6.36. The van der Waals surface area contributed by atoms with Crippen LogP contribution in [0.5, 0.6) is 0 Å². The fourth-order valence-corrected chi connectivity index (χ4v) is 3.32. The van der Waals surface area contributed by atoms with Gasteiger partial charge in [-0.15, -0.1) is 0 Å². The summed E-state index contributed by atoms with van der Waals surface area (Å²) in [5.41, 5.74) is 3.30. The van der Waals surface area contributed by atoms with Gasteiger partial charge in [-0.3, -0.25) is 0 Å². The van der Waals surface area contributed by atoms with Crippen molar-refractivity contribution in [3.8, 4) is 11.4 Å². The Morgan fingerprint density at radius 2 is 1.46 bits per heavy atom. The summed E-state index contributed by atoms with van der Waals surface area (Å²) in [5.74, 6) is 0.573. The van der Waals surface area contributed by atoms with Crippen LogP contribution in [0.2, 0.25) is 5.15 Å². The number of benzene rings is 3. The highest BCUT2D eigenvalue weighted by Gasteiger charge is 2.15. The molecule has 0 amide bonds. The van der Waals surface area contributed by atoms with Crippen molar-refractivity contribution < 1.29 is 4.42 Å². The minimum Gasteiger partial charge on any atom is -0.455 e. The first-order valence-corrected chi connectivity index (χ1v) is 8.02. The molecule has 24 heavy (non-hydrogen) atoms. The van der Waals surface area contributed by atoms with Crippen molar-refractivity contribution in [2.45, 2.75) is 0 Å². The van der Waals surface area contributed by atoms with Gasteiger partial charge in [0.1, 0.15) is 16.3 Å². The molecule has 0 fully saturated rings. The van der Waals surface area contributed by atoms with Crippen molar-refractivity contribution in [1.82, 2.24) is 9.97 Å². The van der Waals surface area contributed by atoms with Crippen molar-refractivity contribution in [2.75, 3.05) is 0 Å². The molecule has 2 heterocycles. The van der Waals surface area contributed by atoms with Gasteiger partial charge >= 0.3 is 0 Å². The smallest absolute Gasteiger partial charge is 0.165 e. The first kappa shape index (κ1) is 13.5. The standard InChI is InChI=1S/C20H11ClN2O/c21-19-14-7-1-3-10-16(14)22-20(23-19)15-9-5-8-13-12-6-2-4-11-17(12)24-18(13)15/h1-11H. The molecule has 0 saturated carbocycles. The van der Waals surface area contributed by atoms with Crippen LogP contribution in [0.25, 0.3) is 44.2 Å². The number of nitrogens with zero attached hydrogens (tertiary/aromatic N) is 2. The fraction of sp³-hybridized carbons (Fsp3) is 0. The molecule has 0 atom stereocenters. The van der Waals surface area contributed by atoms with E-state index in [2.05, 4.69) is 16.0 Å². The Hall–Kier alpha value is -2.91. The van der Waals surface area contributed by atoms with Gasteiger partial charge < -0.3 is 4.42 Å². The van der Waals surface area contributed by atoms with Gasteiger partial charge in [-0.05, 0) is 24.3 Å². The molecule has 0 radical (unpaired) electrons. The number of aromatic nitrogens is 2. The van der Waals surface area contributed by atoms with Gasteiger partial charge in [0.05, 0.1) is 11.1 Å². The van der Waals surface area contributed by atoms with E-state index < -0.39 is 0 Å². The van der Waals surface area contributed by atoms with Gasteiger partial charge in [-0.1, -0.05) is 54.1 Å². The second kappa shape index (κ2) is 5.05. The molecule has 0 N–H and O–H groups in total. The normalized spacial score (nSPS) is 11.5. The fourth-order valence-electron chi connectivity index (χ4n) is 3.08. The van der Waals surface area contributed by atoms with Gasteiger partial charge in [0.25, 0.3) is 0 Å². The molecular weight excluding hydrogens is 320 g/mol. The highest BCUT2D eigenvalue weighted by Crippen LogP contribution is 2.35. The molecule has 0 spiro atoms. The third-order valence-electron chi connectivity index (χ3n) is 4.20. The Kier molecular flexibility index (Phi) is 2.84. The summed E-state index contributed by atoms with van der Waals surface area (Å²) in [4.78, 5) is 9.16. The van der Waals surface area contributed by atoms with Crippen molar-refractivity contribution >= 4 is 44.4 Å². The predicted molar refractivity (Wildman–Crippen MR) is 97.3 cm³/mol. The predicted octanol–water partition coefficient (Wildman–Crippen LogP) is 5.85. The van der Waals surface area contributed by atoms with Gasteiger partial charge in [-0.25, -0.2) is 9.97 Å². The highest BCUT2D eigenvalue weighted by atomic mass is 35.5. The molecule has 0 aliphatic heterocycles. The van der Waals surface area contributed by atoms with E-state index >= 15 is 0 Å². The highest BCUT2D eigenvalue weighted by molar-refractivity contribution is 6.34. The molecule has 3 nitrogen and oxygen atoms in total. The van der Waals surface area contributed by atoms with E-state index in [1.54, 1.807) is 0 Å². The molecule has 0 bridgehead atoms. The van der Waals surface area contributed by atoms with Crippen LogP contribution in [0, 0.1) is 0 Å². The average Bonchev–Trinajstić information content (AvgIpc) is 3.00. The number of para-hydroxylation sites is 3. The van der Waals surface area contributed by atoms with Crippen LogP contribution < -0.4 is 0 Å². The van der Waals surface area contributed by atoms with E-state index in [0.29, 0.717) is 11.0 Å². The number of fused-ring (bicyclic) bond motifs is 4. The molecule has 4 heteroatoms. The third-order valence-corrected chi connectivity index (χ3v) is 4.49. The number of halogens is 1. The zero-order valence-corrected chi connectivity index (χ0v) is 13.3. The summed E-state index contributed by atoms with van der Waals surface area (Å²) in [5, 5.41) is 3.43. The van der Waals surface area contributed by atoms with Crippen LogP contribution in [0.3, 0.4) is 0 Å². The van der Waals surface area contributed by atoms with Crippen molar-refractivity contribution in [3.63, 3.8) is 0 Å². The summed E-state index contributed by atoms with van der Waals surface area (Å²) < 4.78 is 6.07. The van der Waals surface area contributed by atoms with E-state index in [4.69, 9.17) is 16.0 Å². The largest absolute Gasteiger partial charge is 0.455 e. The molecule has 0 unspecified atom stereocenters. The Labute approximate surface area is 142 Å². The number of furan rings is 1. The number of hydrogen-bond donors (Lipinski definition) is 0. The number of rotatable bonds is 1. The minimum absolute atomic E-state index is 0.448. The lowest BCUT2D eigenvalue weighted by Gasteiger charge is -2.05. The first-order chi connectivity index (χ1) is 11.8. The monoisotopic (exact) mass is 330 g/mol. The molecule has 5 rings (SSSR count). The molecule has 5 aromatic rings. The van der Waals surface area contributed by atoms with E-state index in [1.165, 1.54) is 0 Å². The summed E-state index contributed by atoms with van der Waals surface area (Å²) >= 11 is 6.36. The van der Waals surface area contributed by atoms with Gasteiger partial charge in [0, 0.05) is 16.2 Å². The van der Waals surface area contributed by atoms with Crippen molar-refractivity contribution in [1.29, 1.82) is 0 Å². The topological polar surface area (TPSA) is 38.9 Å². The average molecular weight is 331 g/mol. The Balaban J connectivity index is 1.86. The summed E-state index contributed by atoms with van der Waals surface area (Å²) in [6.45, 7) is 0. The first-order valence-electron chi connectivity index (χ1n) is 7.64. The van der Waals surface area contributed by atoms with Crippen LogP contribution >= 0.6 is 11.6 Å². The molecule has 0 aliphatic rings. The van der Waals surface area contributed by atoms with Crippen molar-refractivity contribution in [3.05, 3.63) is 71.9 Å². The van der Waals surface area contributed by atoms with Gasteiger partial charge in [0.15, 0.2) is 5.82 Å². The number of hydrogen-bond acceptors (Lipinski definition) is 3. The third kappa shape index (κ3) is 1.92. The van der Waals surface area contributed by atoms with Crippen LogP contribution in [-0.4, -0.2) is 9.97 Å². The van der Waals surface area contributed by atoms with Gasteiger partial charge in [-0.2, -0.15) is 0 Å². The molecule has 2 aromatic heterocycles. The zero-order valence-electron chi connectivity index (χ0n) is 12.5. The van der Waals surface area contributed by atoms with Gasteiger partial charge in [0.2, 0.25) is 0 Å².